The van der Waals surface area contributed by atoms with Crippen molar-refractivity contribution in [2.75, 3.05) is 40.5 Å². The minimum atomic E-state index is -0.776. The topological polar surface area (TPSA) is 90.6 Å². The molecule has 9 heteroatoms. The highest BCUT2D eigenvalue weighted by Gasteiger charge is 2.42. The fourth-order valence-corrected chi connectivity index (χ4v) is 5.52. The Bertz CT molecular complexity index is 1280. The van der Waals surface area contributed by atoms with Gasteiger partial charge in [-0.05, 0) is 36.8 Å². The lowest BCUT2D eigenvalue weighted by atomic mass is 9.87. The van der Waals surface area contributed by atoms with Crippen molar-refractivity contribution in [1.82, 2.24) is 4.90 Å². The van der Waals surface area contributed by atoms with E-state index in [0.29, 0.717) is 29.0 Å². The molecule has 1 saturated heterocycles. The second kappa shape index (κ2) is 9.84. The maximum atomic E-state index is 12.5. The van der Waals surface area contributed by atoms with Crippen molar-refractivity contribution in [3.8, 4) is 23.0 Å². The number of aliphatic hydroxyl groups excluding tert-OH is 1. The molecule has 36 heavy (non-hydrogen) atoms. The van der Waals surface area contributed by atoms with Crippen molar-refractivity contribution in [3.63, 3.8) is 0 Å². The third-order valence-electron chi connectivity index (χ3n) is 7.05. The number of likely N-dealkylation sites (tertiary alicyclic amines) is 1. The smallest absolute Gasteiger partial charge is 0.205 e. The zero-order chi connectivity index (χ0) is 25.4. The lowest BCUT2D eigenvalue weighted by Gasteiger charge is -2.39. The average molecular weight is 516 g/mol. The number of hydrogen-bond acceptors (Lipinski definition) is 8. The van der Waals surface area contributed by atoms with Gasteiger partial charge in [0.15, 0.2) is 17.1 Å². The summed E-state index contributed by atoms with van der Waals surface area (Å²) < 4.78 is 28.9. The highest BCUT2D eigenvalue weighted by molar-refractivity contribution is 6.30. The molecule has 2 aliphatic rings. The van der Waals surface area contributed by atoms with Gasteiger partial charge in [0.05, 0.1) is 25.9 Å². The number of carbonyl (C=O) groups is 1. The number of aliphatic hydroxyl groups is 1. The fourth-order valence-electron chi connectivity index (χ4n) is 5.33. The number of β-amino-alcohol motifs (C(OH)–C–C–N with tert-alkyl or cyclic N) is 1. The number of piperidine rings is 1. The number of methoxy groups -OCH3 is 2. The van der Waals surface area contributed by atoms with Gasteiger partial charge in [-0.3, -0.25) is 4.79 Å². The maximum Gasteiger partial charge on any atom is 0.205 e. The van der Waals surface area contributed by atoms with Gasteiger partial charge in [-0.15, -0.1) is 0 Å². The quantitative estimate of drug-likeness (QED) is 0.438. The minimum Gasteiger partial charge on any atom is -0.495 e. The molecule has 1 atom stereocenters. The van der Waals surface area contributed by atoms with Gasteiger partial charge in [0, 0.05) is 43.9 Å². The summed E-state index contributed by atoms with van der Waals surface area (Å²) in [7, 11) is 2.97. The largest absolute Gasteiger partial charge is 0.495 e. The zero-order valence-corrected chi connectivity index (χ0v) is 21.4. The Morgan fingerprint density at radius 3 is 2.61 bits per heavy atom. The first-order chi connectivity index (χ1) is 17.3. The van der Waals surface area contributed by atoms with Crippen LogP contribution < -0.4 is 18.9 Å². The summed E-state index contributed by atoms with van der Waals surface area (Å²) in [6.45, 7) is 3.45. The van der Waals surface area contributed by atoms with Crippen LogP contribution in [0, 0.1) is 0 Å². The predicted molar refractivity (Wildman–Crippen MR) is 135 cm³/mol. The number of Topliss-reactive ketones (excluding diaryl/α,β-unsaturated/α-hetero) is 1. The molecule has 0 aliphatic carbocycles. The van der Waals surface area contributed by atoms with E-state index in [1.807, 2.05) is 18.2 Å². The Morgan fingerprint density at radius 2 is 1.92 bits per heavy atom. The van der Waals surface area contributed by atoms with Gasteiger partial charge in [-0.1, -0.05) is 11.6 Å². The van der Waals surface area contributed by atoms with E-state index in [-0.39, 0.29) is 29.3 Å². The predicted octanol–water partition coefficient (Wildman–Crippen LogP) is 4.52. The Balaban J connectivity index is 1.24. The summed E-state index contributed by atoms with van der Waals surface area (Å²) in [4.78, 5) is 14.7. The van der Waals surface area contributed by atoms with E-state index in [1.165, 1.54) is 27.4 Å². The highest BCUT2D eigenvalue weighted by Crippen LogP contribution is 2.47. The van der Waals surface area contributed by atoms with E-state index in [9.17, 15) is 9.90 Å². The first-order valence-corrected chi connectivity index (χ1v) is 12.4. The molecule has 1 N–H and O–H groups in total. The van der Waals surface area contributed by atoms with Gasteiger partial charge in [0.1, 0.15) is 35.4 Å². The van der Waals surface area contributed by atoms with Crippen LogP contribution in [0.1, 0.15) is 35.7 Å². The van der Waals surface area contributed by atoms with E-state index in [0.717, 1.165) is 48.7 Å². The third kappa shape index (κ3) is 4.49. The molecule has 1 aromatic heterocycles. The summed E-state index contributed by atoms with van der Waals surface area (Å²) in [6, 6.07) is 7.50. The second-order valence-electron chi connectivity index (χ2n) is 9.47. The summed E-state index contributed by atoms with van der Waals surface area (Å²) in [5, 5.41) is 12.1. The summed E-state index contributed by atoms with van der Waals surface area (Å²) in [5.41, 5.74) is 1.63. The van der Waals surface area contributed by atoms with Crippen molar-refractivity contribution >= 4 is 28.4 Å². The molecule has 1 spiro atoms. The zero-order valence-electron chi connectivity index (χ0n) is 20.6. The molecule has 3 heterocycles. The molecular formula is C27H30ClNO7. The summed E-state index contributed by atoms with van der Waals surface area (Å²) in [5.74, 6) is 1.54. The first kappa shape index (κ1) is 24.7. The van der Waals surface area contributed by atoms with E-state index >= 15 is 0 Å². The Labute approximate surface area is 214 Å². The van der Waals surface area contributed by atoms with Crippen LogP contribution in [0.5, 0.6) is 23.0 Å². The maximum absolute atomic E-state index is 12.5. The fraction of sp³-hybridized carbons (Fsp3) is 0.444. The SMILES string of the molecule is COc1c(C(C)=O)c(OC[C@@H](O)CN2CCC3(CC2)Cc2cc(Cl)ccc2O3)c(OC)c2occc12. The van der Waals surface area contributed by atoms with Crippen molar-refractivity contribution < 1.29 is 33.3 Å². The van der Waals surface area contributed by atoms with Crippen LogP contribution in [-0.4, -0.2) is 68.0 Å². The number of furan rings is 1. The number of benzene rings is 2. The van der Waals surface area contributed by atoms with Gasteiger partial charge >= 0.3 is 0 Å². The first-order valence-electron chi connectivity index (χ1n) is 12.0. The van der Waals surface area contributed by atoms with Gasteiger partial charge in [0.25, 0.3) is 0 Å². The van der Waals surface area contributed by atoms with Crippen molar-refractivity contribution in [1.29, 1.82) is 0 Å². The number of hydrogen-bond donors (Lipinski definition) is 1. The normalized spacial score (nSPS) is 17.6. The standard InChI is InChI=1S/C27H30ClNO7/c1-16(30)22-23(32-2)20-6-11-34-24(20)26(33-3)25(22)35-15-19(31)14-29-9-7-27(8-10-29)13-17-12-18(28)4-5-21(17)36-27/h4-6,11-12,19,31H,7-10,13-15H2,1-3H3/t19-/m0/s1. The van der Waals surface area contributed by atoms with Gasteiger partial charge in [-0.2, -0.15) is 0 Å². The molecule has 1 fully saturated rings. The van der Waals surface area contributed by atoms with Gasteiger partial charge in [-0.25, -0.2) is 0 Å². The Kier molecular flexibility index (Phi) is 6.76. The molecule has 2 aliphatic heterocycles. The molecule has 5 rings (SSSR count). The van der Waals surface area contributed by atoms with Crippen LogP contribution in [-0.2, 0) is 6.42 Å². The monoisotopic (exact) mass is 515 g/mol. The Hall–Kier alpha value is -2.94. The number of rotatable bonds is 8. The summed E-state index contributed by atoms with van der Waals surface area (Å²) in [6.07, 6.45) is 3.31. The van der Waals surface area contributed by atoms with Crippen LogP contribution in [0.25, 0.3) is 11.0 Å². The van der Waals surface area contributed by atoms with Crippen LogP contribution in [0.15, 0.2) is 34.9 Å². The molecule has 8 nitrogen and oxygen atoms in total. The van der Waals surface area contributed by atoms with Crippen molar-refractivity contribution in [3.05, 3.63) is 46.7 Å². The molecule has 0 bridgehead atoms. The lowest BCUT2D eigenvalue weighted by molar-refractivity contribution is -0.00214. The molecule has 0 radical (unpaired) electrons. The van der Waals surface area contributed by atoms with E-state index in [4.69, 9.17) is 35.0 Å². The van der Waals surface area contributed by atoms with E-state index < -0.39 is 6.10 Å². The van der Waals surface area contributed by atoms with Crippen LogP contribution in [0.4, 0.5) is 0 Å². The summed E-state index contributed by atoms with van der Waals surface area (Å²) >= 11 is 6.15. The average Bonchev–Trinajstić information content (AvgIpc) is 3.47. The number of nitrogens with zero attached hydrogens (tertiary/aromatic N) is 1. The van der Waals surface area contributed by atoms with Crippen LogP contribution in [0.3, 0.4) is 0 Å². The second-order valence-corrected chi connectivity index (χ2v) is 9.91. The number of fused-ring (bicyclic) bond motifs is 2. The number of carbonyl (C=O) groups excluding carboxylic acids is 1. The molecular weight excluding hydrogens is 486 g/mol. The van der Waals surface area contributed by atoms with Gasteiger partial charge in [0.2, 0.25) is 5.75 Å². The van der Waals surface area contributed by atoms with Crippen molar-refractivity contribution in [2.45, 2.75) is 37.9 Å². The molecule has 2 aromatic carbocycles. The number of ketones is 1. The molecule has 192 valence electrons. The van der Waals surface area contributed by atoms with E-state index in [2.05, 4.69) is 4.90 Å². The van der Waals surface area contributed by atoms with Crippen LogP contribution >= 0.6 is 11.6 Å². The molecule has 3 aromatic rings. The third-order valence-corrected chi connectivity index (χ3v) is 7.29. The van der Waals surface area contributed by atoms with Gasteiger partial charge < -0.3 is 33.4 Å². The molecule has 0 amide bonds. The van der Waals surface area contributed by atoms with E-state index in [1.54, 1.807) is 6.07 Å². The molecule has 0 saturated carbocycles. The van der Waals surface area contributed by atoms with Crippen molar-refractivity contribution in [2.24, 2.45) is 0 Å². The minimum absolute atomic E-state index is 0.0197. The highest BCUT2D eigenvalue weighted by atomic mass is 35.5. The molecule has 0 unspecified atom stereocenters. The lowest BCUT2D eigenvalue weighted by Crippen LogP contribution is -2.49. The van der Waals surface area contributed by atoms with Crippen LogP contribution in [0.2, 0.25) is 5.02 Å². The Morgan fingerprint density at radius 1 is 1.17 bits per heavy atom. The number of halogens is 1. The number of ether oxygens (including phenoxy) is 4.